The molecule has 1 aromatic rings. The van der Waals surface area contributed by atoms with Gasteiger partial charge in [-0.2, -0.15) is 0 Å². The highest BCUT2D eigenvalue weighted by Gasteiger charge is 2.32. The van der Waals surface area contributed by atoms with Crippen LogP contribution in [0.25, 0.3) is 0 Å². The third-order valence-electron chi connectivity index (χ3n) is 5.32. The average Bonchev–Trinajstić information content (AvgIpc) is 2.83. The first kappa shape index (κ1) is 14.1. The molecule has 0 spiro atoms. The zero-order chi connectivity index (χ0) is 14.1. The van der Waals surface area contributed by atoms with Crippen LogP contribution < -0.4 is 0 Å². The fourth-order valence-electron chi connectivity index (χ4n) is 3.95. The molecule has 110 valence electrons. The summed E-state index contributed by atoms with van der Waals surface area (Å²) in [7, 11) is 0. The van der Waals surface area contributed by atoms with Gasteiger partial charge in [0.25, 0.3) is 0 Å². The molecule has 2 heteroatoms. The lowest BCUT2D eigenvalue weighted by molar-refractivity contribution is 0.0178. The molecule has 0 bridgehead atoms. The predicted molar refractivity (Wildman–Crippen MR) is 82.2 cm³/mol. The van der Waals surface area contributed by atoms with Crippen LogP contribution in [0.15, 0.2) is 24.3 Å². The van der Waals surface area contributed by atoms with E-state index >= 15 is 0 Å². The molecular formula is C18H27NO. The fourth-order valence-corrected chi connectivity index (χ4v) is 3.95. The Balaban J connectivity index is 1.60. The van der Waals surface area contributed by atoms with Gasteiger partial charge in [-0.3, -0.25) is 4.90 Å². The second-order valence-corrected chi connectivity index (χ2v) is 7.08. The summed E-state index contributed by atoms with van der Waals surface area (Å²) in [5.41, 5.74) is 2.94. The molecule has 1 aliphatic heterocycles. The van der Waals surface area contributed by atoms with Crippen molar-refractivity contribution in [2.24, 2.45) is 17.8 Å². The number of hydrogen-bond donors (Lipinski definition) is 1. The van der Waals surface area contributed by atoms with E-state index in [0.29, 0.717) is 5.92 Å². The van der Waals surface area contributed by atoms with Crippen LogP contribution >= 0.6 is 0 Å². The van der Waals surface area contributed by atoms with Crippen LogP contribution in [-0.4, -0.2) is 22.7 Å². The number of aliphatic hydroxyl groups excluding tert-OH is 1. The summed E-state index contributed by atoms with van der Waals surface area (Å²) in [5, 5.41) is 10.3. The van der Waals surface area contributed by atoms with Gasteiger partial charge < -0.3 is 5.11 Å². The highest BCUT2D eigenvalue weighted by molar-refractivity contribution is 5.30. The standard InChI is InChI=1S/C18H27NO/c1-13(2)14-7-8-18(20)17(9-14)12-19-10-15-5-3-4-6-16(15)11-19/h3-6,13-14,17-18,20H,7-12H2,1-2H3. The molecule has 0 radical (unpaired) electrons. The van der Waals surface area contributed by atoms with E-state index in [1.165, 1.54) is 24.0 Å². The van der Waals surface area contributed by atoms with Crippen molar-refractivity contribution < 1.29 is 5.11 Å². The van der Waals surface area contributed by atoms with Gasteiger partial charge in [0.05, 0.1) is 6.10 Å². The molecule has 1 heterocycles. The van der Waals surface area contributed by atoms with Crippen LogP contribution in [0.4, 0.5) is 0 Å². The van der Waals surface area contributed by atoms with Crippen molar-refractivity contribution in [2.45, 2.75) is 52.3 Å². The average molecular weight is 273 g/mol. The number of fused-ring (bicyclic) bond motifs is 1. The molecule has 1 saturated carbocycles. The maximum atomic E-state index is 10.3. The van der Waals surface area contributed by atoms with Crippen LogP contribution in [0.5, 0.6) is 0 Å². The van der Waals surface area contributed by atoms with Gasteiger partial charge in [-0.25, -0.2) is 0 Å². The van der Waals surface area contributed by atoms with Crippen molar-refractivity contribution in [3.63, 3.8) is 0 Å². The highest BCUT2D eigenvalue weighted by atomic mass is 16.3. The minimum Gasteiger partial charge on any atom is -0.393 e. The van der Waals surface area contributed by atoms with Gasteiger partial charge in [-0.1, -0.05) is 38.1 Å². The Kier molecular flexibility index (Phi) is 4.13. The minimum absolute atomic E-state index is 0.0892. The van der Waals surface area contributed by atoms with Crippen LogP contribution in [0.3, 0.4) is 0 Å². The molecule has 3 atom stereocenters. The highest BCUT2D eigenvalue weighted by Crippen LogP contribution is 2.35. The third kappa shape index (κ3) is 2.91. The zero-order valence-electron chi connectivity index (χ0n) is 12.8. The lowest BCUT2D eigenvalue weighted by Crippen LogP contribution is -2.38. The minimum atomic E-state index is -0.0892. The molecule has 2 nitrogen and oxygen atoms in total. The maximum Gasteiger partial charge on any atom is 0.0580 e. The van der Waals surface area contributed by atoms with E-state index in [9.17, 15) is 5.11 Å². The van der Waals surface area contributed by atoms with E-state index in [-0.39, 0.29) is 6.10 Å². The summed E-state index contributed by atoms with van der Waals surface area (Å²) in [6.45, 7) is 7.83. The SMILES string of the molecule is CC(C)C1CCC(O)C(CN2Cc3ccccc3C2)C1. The molecule has 2 aliphatic rings. The second-order valence-electron chi connectivity index (χ2n) is 7.08. The van der Waals surface area contributed by atoms with Gasteiger partial charge >= 0.3 is 0 Å². The molecule has 1 aromatic carbocycles. The van der Waals surface area contributed by atoms with E-state index in [1.807, 2.05) is 0 Å². The van der Waals surface area contributed by atoms with E-state index in [4.69, 9.17) is 0 Å². The molecular weight excluding hydrogens is 246 g/mol. The van der Waals surface area contributed by atoms with Gasteiger partial charge in [-0.05, 0) is 48.1 Å². The molecule has 1 aliphatic carbocycles. The summed E-state index contributed by atoms with van der Waals surface area (Å²) in [6.07, 6.45) is 3.31. The van der Waals surface area contributed by atoms with Gasteiger partial charge in [0.15, 0.2) is 0 Å². The Morgan fingerprint density at radius 2 is 1.80 bits per heavy atom. The van der Waals surface area contributed by atoms with E-state index < -0.39 is 0 Å². The van der Waals surface area contributed by atoms with Gasteiger partial charge in [0.2, 0.25) is 0 Å². The van der Waals surface area contributed by atoms with Crippen molar-refractivity contribution >= 4 is 0 Å². The number of benzene rings is 1. The quantitative estimate of drug-likeness (QED) is 0.912. The smallest absolute Gasteiger partial charge is 0.0580 e. The first-order valence-electron chi connectivity index (χ1n) is 8.10. The summed E-state index contributed by atoms with van der Waals surface area (Å²) in [6, 6.07) is 8.74. The maximum absolute atomic E-state index is 10.3. The summed E-state index contributed by atoms with van der Waals surface area (Å²) >= 11 is 0. The first-order chi connectivity index (χ1) is 9.63. The van der Waals surface area contributed by atoms with Crippen molar-refractivity contribution in [3.8, 4) is 0 Å². The molecule has 1 N–H and O–H groups in total. The first-order valence-corrected chi connectivity index (χ1v) is 8.10. The molecule has 3 unspecified atom stereocenters. The number of hydrogen-bond acceptors (Lipinski definition) is 2. The fraction of sp³-hybridized carbons (Fsp3) is 0.667. The number of nitrogens with zero attached hydrogens (tertiary/aromatic N) is 1. The second kappa shape index (κ2) is 5.87. The van der Waals surface area contributed by atoms with Crippen molar-refractivity contribution in [3.05, 3.63) is 35.4 Å². The lowest BCUT2D eigenvalue weighted by Gasteiger charge is -2.37. The molecule has 1 fully saturated rings. The van der Waals surface area contributed by atoms with E-state index in [2.05, 4.69) is 43.0 Å². The van der Waals surface area contributed by atoms with Crippen LogP contribution in [0.2, 0.25) is 0 Å². The monoisotopic (exact) mass is 273 g/mol. The summed E-state index contributed by atoms with van der Waals surface area (Å²) in [4.78, 5) is 2.52. The van der Waals surface area contributed by atoms with Crippen molar-refractivity contribution in [1.82, 2.24) is 4.90 Å². The van der Waals surface area contributed by atoms with E-state index in [1.54, 1.807) is 0 Å². The van der Waals surface area contributed by atoms with E-state index in [0.717, 1.165) is 37.9 Å². The van der Waals surface area contributed by atoms with Crippen molar-refractivity contribution in [2.75, 3.05) is 6.54 Å². The summed E-state index contributed by atoms with van der Waals surface area (Å²) < 4.78 is 0. The molecule has 0 saturated heterocycles. The Labute approximate surface area is 122 Å². The van der Waals surface area contributed by atoms with Gasteiger partial charge in [0.1, 0.15) is 0 Å². The Morgan fingerprint density at radius 3 is 2.40 bits per heavy atom. The molecule has 0 aromatic heterocycles. The predicted octanol–water partition coefficient (Wildman–Crippen LogP) is 3.44. The lowest BCUT2D eigenvalue weighted by atomic mass is 9.74. The van der Waals surface area contributed by atoms with Gasteiger partial charge in [-0.15, -0.1) is 0 Å². The largest absolute Gasteiger partial charge is 0.393 e. The Morgan fingerprint density at radius 1 is 1.15 bits per heavy atom. The van der Waals surface area contributed by atoms with Crippen LogP contribution in [0, 0.1) is 17.8 Å². The topological polar surface area (TPSA) is 23.5 Å². The normalized spacial score (nSPS) is 30.7. The Hall–Kier alpha value is -0.860. The van der Waals surface area contributed by atoms with Gasteiger partial charge in [0, 0.05) is 19.6 Å². The van der Waals surface area contributed by atoms with Crippen LogP contribution in [0.1, 0.15) is 44.2 Å². The number of aliphatic hydroxyl groups is 1. The molecule has 0 amide bonds. The van der Waals surface area contributed by atoms with Crippen molar-refractivity contribution in [1.29, 1.82) is 0 Å². The zero-order valence-corrected chi connectivity index (χ0v) is 12.8. The number of rotatable bonds is 3. The Bertz CT molecular complexity index is 431. The molecule has 20 heavy (non-hydrogen) atoms. The van der Waals surface area contributed by atoms with Crippen LogP contribution in [-0.2, 0) is 13.1 Å². The molecule has 3 rings (SSSR count). The third-order valence-corrected chi connectivity index (χ3v) is 5.32. The summed E-state index contributed by atoms with van der Waals surface area (Å²) in [5.74, 6) is 2.01.